The molecule has 1 saturated heterocycles. The van der Waals surface area contributed by atoms with Gasteiger partial charge in [-0.25, -0.2) is 14.2 Å². The molecule has 40 heavy (non-hydrogen) atoms. The molecule has 0 N–H and O–H groups in total. The van der Waals surface area contributed by atoms with Crippen molar-refractivity contribution in [3.8, 4) is 0 Å². The van der Waals surface area contributed by atoms with Crippen molar-refractivity contribution in [2.75, 3.05) is 35.9 Å². The molecule has 3 heterocycles. The molecule has 2 aromatic heterocycles. The third kappa shape index (κ3) is 7.04. The number of aromatic nitrogens is 2. The average molecular weight is 618 g/mol. The highest BCUT2D eigenvalue weighted by Crippen LogP contribution is 2.42. The molecule has 6 nitrogen and oxygen atoms in total. The van der Waals surface area contributed by atoms with Crippen molar-refractivity contribution in [3.05, 3.63) is 65.5 Å². The van der Waals surface area contributed by atoms with E-state index in [9.17, 15) is 4.21 Å². The van der Waals surface area contributed by atoms with Gasteiger partial charge in [0, 0.05) is 49.2 Å². The first-order chi connectivity index (χ1) is 19.2. The van der Waals surface area contributed by atoms with Crippen molar-refractivity contribution >= 4 is 63.0 Å². The summed E-state index contributed by atoms with van der Waals surface area (Å²) in [7, 11) is 0.614. The molecule has 1 aliphatic carbocycles. The Morgan fingerprint density at radius 3 is 2.52 bits per heavy atom. The quantitative estimate of drug-likeness (QED) is 0.229. The fourth-order valence-corrected chi connectivity index (χ4v) is 9.08. The number of halogens is 1. The van der Waals surface area contributed by atoms with E-state index in [2.05, 4.69) is 65.3 Å². The lowest BCUT2D eigenvalue weighted by molar-refractivity contribution is 0.239. The van der Waals surface area contributed by atoms with Crippen LogP contribution in [-0.2, 0) is 11.0 Å². The minimum absolute atomic E-state index is 0.326. The number of hydrogen-bond acceptors (Lipinski definition) is 7. The van der Waals surface area contributed by atoms with Gasteiger partial charge in [-0.15, -0.1) is 23.1 Å². The molecule has 5 rings (SSSR count). The Balaban J connectivity index is 0.00000181. The summed E-state index contributed by atoms with van der Waals surface area (Å²) in [5.41, 5.74) is 4.14. The lowest BCUT2D eigenvalue weighted by Gasteiger charge is -2.44. The zero-order chi connectivity index (χ0) is 29.0. The number of piperazine rings is 1. The third-order valence-electron chi connectivity index (χ3n) is 7.03. The SMILES string of the molecule is C=C(c1c(C)cccc1N(C)S(=O)c1ccc(SC(C)C)s1)N1CCN(c2ncc(Cl)cn2)CC1C1CC1.CC. The average Bonchev–Trinajstić information content (AvgIpc) is 3.71. The van der Waals surface area contributed by atoms with Gasteiger partial charge in [0.2, 0.25) is 5.95 Å². The molecular formula is C30H40ClN5OS3. The summed E-state index contributed by atoms with van der Waals surface area (Å²) in [6.07, 6.45) is 5.77. The van der Waals surface area contributed by atoms with E-state index < -0.39 is 11.0 Å². The maximum Gasteiger partial charge on any atom is 0.225 e. The Kier molecular flexibility index (Phi) is 10.6. The van der Waals surface area contributed by atoms with Gasteiger partial charge in [0.1, 0.15) is 4.21 Å². The van der Waals surface area contributed by atoms with Crippen molar-refractivity contribution in [2.45, 2.75) is 67.2 Å². The van der Waals surface area contributed by atoms with E-state index in [1.807, 2.05) is 37.3 Å². The Hall–Kier alpha value is -2.07. The molecule has 1 aliphatic heterocycles. The molecule has 1 saturated carbocycles. The minimum Gasteiger partial charge on any atom is -0.365 e. The van der Waals surface area contributed by atoms with Gasteiger partial charge in [-0.2, -0.15) is 0 Å². The number of thiophene rings is 1. The molecule has 0 spiro atoms. The number of benzene rings is 1. The summed E-state index contributed by atoms with van der Waals surface area (Å²) in [6.45, 7) is 17.6. The molecule has 3 aromatic rings. The Bertz CT molecular complexity index is 1330. The van der Waals surface area contributed by atoms with Gasteiger partial charge in [0.15, 0.2) is 11.0 Å². The second kappa shape index (κ2) is 13.7. The van der Waals surface area contributed by atoms with Crippen LogP contribution in [0.4, 0.5) is 11.6 Å². The van der Waals surface area contributed by atoms with Crippen LogP contribution in [0.2, 0.25) is 5.02 Å². The van der Waals surface area contributed by atoms with Gasteiger partial charge in [0.25, 0.3) is 0 Å². The monoisotopic (exact) mass is 617 g/mol. The van der Waals surface area contributed by atoms with Gasteiger partial charge < -0.3 is 9.80 Å². The molecule has 2 unspecified atom stereocenters. The fraction of sp³-hybridized carbons (Fsp3) is 0.467. The van der Waals surface area contributed by atoms with Gasteiger partial charge in [-0.1, -0.05) is 58.0 Å². The highest BCUT2D eigenvalue weighted by Gasteiger charge is 2.40. The Morgan fingerprint density at radius 1 is 1.18 bits per heavy atom. The summed E-state index contributed by atoms with van der Waals surface area (Å²) >= 11 is 9.44. The minimum atomic E-state index is -1.31. The fourth-order valence-electron chi connectivity index (χ4n) is 5.03. The maximum atomic E-state index is 13.7. The molecule has 0 amide bonds. The van der Waals surface area contributed by atoms with Gasteiger partial charge in [0.05, 0.1) is 27.3 Å². The Labute approximate surface area is 255 Å². The summed E-state index contributed by atoms with van der Waals surface area (Å²) in [5, 5.41) is 1.04. The highest BCUT2D eigenvalue weighted by molar-refractivity contribution is 8.02. The second-order valence-corrected chi connectivity index (χ2v) is 15.3. The molecular weight excluding hydrogens is 578 g/mol. The second-order valence-electron chi connectivity index (χ2n) is 10.1. The largest absolute Gasteiger partial charge is 0.365 e. The van der Waals surface area contributed by atoms with E-state index in [1.54, 1.807) is 35.5 Å². The summed E-state index contributed by atoms with van der Waals surface area (Å²) < 4.78 is 17.6. The first kappa shape index (κ1) is 30.9. The standard InChI is InChI=1S/C28H34ClN5OS3.C2H6/c1-18(2)36-25-11-12-26(37-25)38(35)32(5)23-8-6-7-19(3)27(23)20(4)34-14-13-33(17-24(34)21-9-10-21)28-30-15-22(29)16-31-28;1-2/h6-8,11-12,15-16,18,21,24H,4,9-10,13-14,17H2,1-3,5H3;1-2H3. The number of rotatable bonds is 9. The van der Waals surface area contributed by atoms with E-state index >= 15 is 0 Å². The lowest BCUT2D eigenvalue weighted by atomic mass is 9.99. The summed E-state index contributed by atoms with van der Waals surface area (Å²) in [5.74, 6) is 1.35. The topological polar surface area (TPSA) is 52.6 Å². The number of anilines is 2. The number of aryl methyl sites for hydroxylation is 1. The number of thioether (sulfide) groups is 1. The number of nitrogens with zero attached hydrogens (tertiary/aromatic N) is 5. The highest BCUT2D eigenvalue weighted by atomic mass is 35.5. The van der Waals surface area contributed by atoms with E-state index in [4.69, 9.17) is 11.6 Å². The van der Waals surface area contributed by atoms with Crippen molar-refractivity contribution < 1.29 is 4.21 Å². The molecule has 10 heteroatoms. The van der Waals surface area contributed by atoms with Crippen LogP contribution in [0.25, 0.3) is 5.70 Å². The summed E-state index contributed by atoms with van der Waals surface area (Å²) in [6, 6.07) is 10.6. The van der Waals surface area contributed by atoms with Gasteiger partial charge >= 0.3 is 0 Å². The van der Waals surface area contributed by atoms with E-state index in [0.29, 0.717) is 22.2 Å². The smallest absolute Gasteiger partial charge is 0.225 e. The van der Waals surface area contributed by atoms with Crippen LogP contribution >= 0.6 is 34.7 Å². The van der Waals surface area contributed by atoms with Gasteiger partial charge in [-0.05, 0) is 49.4 Å². The van der Waals surface area contributed by atoms with Crippen molar-refractivity contribution in [2.24, 2.45) is 5.92 Å². The Morgan fingerprint density at radius 2 is 1.88 bits per heavy atom. The zero-order valence-electron chi connectivity index (χ0n) is 24.3. The van der Waals surface area contributed by atoms with Gasteiger partial charge in [-0.3, -0.25) is 4.31 Å². The van der Waals surface area contributed by atoms with Crippen LogP contribution < -0.4 is 9.21 Å². The lowest BCUT2D eigenvalue weighted by Crippen LogP contribution is -2.53. The molecule has 2 fully saturated rings. The van der Waals surface area contributed by atoms with Crippen molar-refractivity contribution in [3.63, 3.8) is 0 Å². The van der Waals surface area contributed by atoms with E-state index in [1.165, 1.54) is 17.1 Å². The van der Waals surface area contributed by atoms with Crippen LogP contribution in [0.1, 0.15) is 51.7 Å². The van der Waals surface area contributed by atoms with Crippen LogP contribution in [0.15, 0.2) is 57.7 Å². The van der Waals surface area contributed by atoms with Crippen LogP contribution in [-0.4, -0.2) is 57.1 Å². The van der Waals surface area contributed by atoms with Crippen LogP contribution in [0.3, 0.4) is 0 Å². The molecule has 216 valence electrons. The summed E-state index contributed by atoms with van der Waals surface area (Å²) in [4.78, 5) is 13.6. The molecule has 0 bridgehead atoms. The molecule has 2 aliphatic rings. The van der Waals surface area contributed by atoms with E-state index in [-0.39, 0.29) is 0 Å². The predicted molar refractivity (Wildman–Crippen MR) is 174 cm³/mol. The first-order valence-corrected chi connectivity index (χ1v) is 17.1. The van der Waals surface area contributed by atoms with Crippen molar-refractivity contribution in [1.29, 1.82) is 0 Å². The van der Waals surface area contributed by atoms with Crippen LogP contribution in [0.5, 0.6) is 0 Å². The first-order valence-electron chi connectivity index (χ1n) is 13.9. The molecule has 0 radical (unpaired) electrons. The predicted octanol–water partition coefficient (Wildman–Crippen LogP) is 7.76. The molecule has 1 aromatic carbocycles. The normalized spacial score (nSPS) is 17.9. The number of hydrogen-bond donors (Lipinski definition) is 0. The van der Waals surface area contributed by atoms with Crippen molar-refractivity contribution in [1.82, 2.24) is 14.9 Å². The van der Waals surface area contributed by atoms with Crippen LogP contribution in [0, 0.1) is 12.8 Å². The zero-order valence-corrected chi connectivity index (χ0v) is 27.5. The third-order valence-corrected chi connectivity index (χ3v) is 11.1. The maximum absolute atomic E-state index is 13.7. The van der Waals surface area contributed by atoms with E-state index in [0.717, 1.165) is 52.3 Å². The molecule has 2 atom stereocenters.